The minimum Gasteiger partial charge on any atom is -0.497 e. The summed E-state index contributed by atoms with van der Waals surface area (Å²) in [5, 5.41) is 9.70. The van der Waals surface area contributed by atoms with E-state index >= 15 is 0 Å². The molecule has 3 aliphatic rings. The van der Waals surface area contributed by atoms with Gasteiger partial charge < -0.3 is 25.6 Å². The van der Waals surface area contributed by atoms with Gasteiger partial charge in [0.05, 0.1) is 13.2 Å². The first-order valence-electron chi connectivity index (χ1n) is 18.4. The lowest BCUT2D eigenvalue weighted by molar-refractivity contribution is -0.141. The summed E-state index contributed by atoms with van der Waals surface area (Å²) in [6.07, 6.45) is 1.02. The molecule has 2 fully saturated rings. The summed E-state index contributed by atoms with van der Waals surface area (Å²) in [5.74, 6) is -0.889. The van der Waals surface area contributed by atoms with E-state index in [-0.39, 0.29) is 50.7 Å². The first kappa shape index (κ1) is 37.6. The fourth-order valence-electron chi connectivity index (χ4n) is 7.72. The number of carbonyl (C=O) groups is 5. The minimum absolute atomic E-state index is 0.142. The summed E-state index contributed by atoms with van der Waals surface area (Å²) in [4.78, 5) is 73.8. The van der Waals surface area contributed by atoms with Crippen molar-refractivity contribution in [1.82, 2.24) is 25.8 Å². The Labute approximate surface area is 324 Å². The monoisotopic (exact) mass is 762 g/mol. The maximum Gasteiger partial charge on any atom is 0.332 e. The maximum absolute atomic E-state index is 14.4. The molecule has 13 heteroatoms. The molecule has 0 aliphatic carbocycles. The van der Waals surface area contributed by atoms with Crippen molar-refractivity contribution in [3.8, 4) is 5.75 Å². The van der Waals surface area contributed by atoms with Crippen molar-refractivity contribution < 1.29 is 28.7 Å². The van der Waals surface area contributed by atoms with Crippen LogP contribution in [0.4, 0.5) is 10.5 Å². The highest BCUT2D eigenvalue weighted by Crippen LogP contribution is 2.40. The first-order chi connectivity index (χ1) is 26.6. The predicted octanol–water partition coefficient (Wildman–Crippen LogP) is 4.24. The van der Waals surface area contributed by atoms with Crippen molar-refractivity contribution in [3.63, 3.8) is 0 Å². The van der Waals surface area contributed by atoms with Crippen LogP contribution in [-0.2, 0) is 45.1 Å². The molecule has 3 heterocycles. The standard InChI is InChI=1S/C42H43ClN6O6/c1-55-34-13-7-8-29(22-34)25-45-37(50)27-48-40(53)42(49(41(48)54)33-11-3-2-4-12-33)18-20-47(21-19-42)39(52)36(23-28-14-16-32(43)17-15-28)46-38(51)35-24-30-9-5-6-10-31(30)26-44-35/h2-17,22,35-36,44H,18-21,23-27H2,1H3,(H,45,50)(H,46,51). The Morgan fingerprint density at radius 2 is 1.60 bits per heavy atom. The number of hydrogen-bond acceptors (Lipinski definition) is 7. The van der Waals surface area contributed by atoms with Gasteiger partial charge in [-0.05, 0) is 77.9 Å². The fraction of sp³-hybridized carbons (Fsp3) is 0.310. The molecule has 0 bridgehead atoms. The number of carbonyl (C=O) groups excluding carboxylic acids is 5. The largest absolute Gasteiger partial charge is 0.497 e. The average Bonchev–Trinajstić information content (AvgIpc) is 3.41. The van der Waals surface area contributed by atoms with Crippen LogP contribution in [0.15, 0.2) is 103 Å². The minimum atomic E-state index is -1.31. The van der Waals surface area contributed by atoms with E-state index in [0.717, 1.165) is 27.2 Å². The maximum atomic E-state index is 14.4. The van der Waals surface area contributed by atoms with E-state index in [1.807, 2.05) is 54.6 Å². The van der Waals surface area contributed by atoms with Crippen molar-refractivity contribution in [2.75, 3.05) is 31.6 Å². The quantitative estimate of drug-likeness (QED) is 0.194. The number of nitrogens with one attached hydrogen (secondary N) is 3. The number of rotatable bonds is 11. The first-order valence-corrected chi connectivity index (χ1v) is 18.8. The third kappa shape index (κ3) is 8.06. The van der Waals surface area contributed by atoms with Crippen LogP contribution in [0.25, 0.3) is 0 Å². The van der Waals surface area contributed by atoms with E-state index in [2.05, 4.69) is 16.0 Å². The summed E-state index contributed by atoms with van der Waals surface area (Å²) >= 11 is 6.15. The van der Waals surface area contributed by atoms with Crippen molar-refractivity contribution in [2.45, 2.75) is 56.4 Å². The molecule has 7 rings (SSSR count). The second-order valence-electron chi connectivity index (χ2n) is 14.1. The number of methoxy groups -OCH3 is 1. The molecule has 3 aliphatic heterocycles. The number of hydrogen-bond donors (Lipinski definition) is 3. The van der Waals surface area contributed by atoms with E-state index in [9.17, 15) is 24.0 Å². The molecule has 1 spiro atoms. The van der Waals surface area contributed by atoms with Gasteiger partial charge in [0.1, 0.15) is 23.9 Å². The summed E-state index contributed by atoms with van der Waals surface area (Å²) in [6, 6.07) is 29.3. The summed E-state index contributed by atoms with van der Waals surface area (Å²) in [5.41, 5.74) is 3.07. The second kappa shape index (κ2) is 16.3. The highest BCUT2D eigenvalue weighted by Gasteiger charge is 2.59. The van der Waals surface area contributed by atoms with Gasteiger partial charge in [0, 0.05) is 43.3 Å². The van der Waals surface area contributed by atoms with Crippen molar-refractivity contribution >= 4 is 46.9 Å². The Balaban J connectivity index is 1.07. The van der Waals surface area contributed by atoms with Crippen molar-refractivity contribution in [2.24, 2.45) is 0 Å². The van der Waals surface area contributed by atoms with Crippen LogP contribution in [0.1, 0.15) is 35.1 Å². The molecule has 4 aromatic rings. The van der Waals surface area contributed by atoms with Gasteiger partial charge in [-0.15, -0.1) is 0 Å². The number of halogens is 1. The Kier molecular flexibility index (Phi) is 11.2. The third-order valence-corrected chi connectivity index (χ3v) is 11.0. The zero-order valence-electron chi connectivity index (χ0n) is 30.5. The number of anilines is 1. The molecule has 0 saturated carbocycles. The molecular formula is C42H43ClN6O6. The summed E-state index contributed by atoms with van der Waals surface area (Å²) in [6.45, 7) is 0.584. The molecule has 2 atom stereocenters. The van der Waals surface area contributed by atoms with E-state index in [1.54, 1.807) is 60.5 Å². The Hall–Kier alpha value is -5.72. The van der Waals surface area contributed by atoms with Crippen LogP contribution in [0.5, 0.6) is 5.75 Å². The molecule has 3 N–H and O–H groups in total. The lowest BCUT2D eigenvalue weighted by Crippen LogP contribution is -2.61. The molecule has 2 unspecified atom stereocenters. The van der Waals surface area contributed by atoms with Gasteiger partial charge in [-0.1, -0.05) is 78.3 Å². The number of ether oxygens (including phenoxy) is 1. The third-order valence-electron chi connectivity index (χ3n) is 10.7. The molecule has 55 heavy (non-hydrogen) atoms. The van der Waals surface area contributed by atoms with Crippen LogP contribution < -0.4 is 25.6 Å². The Bertz CT molecular complexity index is 2070. The van der Waals surface area contributed by atoms with E-state index < -0.39 is 42.0 Å². The molecule has 284 valence electrons. The SMILES string of the molecule is COc1cccc(CNC(=O)CN2C(=O)N(c3ccccc3)C3(CCN(C(=O)C(Cc4ccc(Cl)cc4)NC(=O)C4Cc5ccccc5CN4)CC3)C2=O)c1. The fourth-order valence-corrected chi connectivity index (χ4v) is 7.84. The zero-order chi connectivity index (χ0) is 38.5. The van der Waals surface area contributed by atoms with Crippen LogP contribution in [0.2, 0.25) is 5.02 Å². The van der Waals surface area contributed by atoms with E-state index in [1.165, 1.54) is 4.90 Å². The van der Waals surface area contributed by atoms with Crippen LogP contribution in [0, 0.1) is 0 Å². The topological polar surface area (TPSA) is 140 Å². The van der Waals surface area contributed by atoms with Gasteiger partial charge >= 0.3 is 6.03 Å². The summed E-state index contributed by atoms with van der Waals surface area (Å²) in [7, 11) is 1.56. The number of imide groups is 1. The molecule has 2 saturated heterocycles. The molecular weight excluding hydrogens is 720 g/mol. The number of benzene rings is 4. The van der Waals surface area contributed by atoms with Gasteiger partial charge in [0.15, 0.2) is 0 Å². The van der Waals surface area contributed by atoms with Crippen molar-refractivity contribution in [1.29, 1.82) is 0 Å². The number of nitrogens with zero attached hydrogens (tertiary/aromatic N) is 3. The Morgan fingerprint density at radius 1 is 0.891 bits per heavy atom. The van der Waals surface area contributed by atoms with Crippen LogP contribution in [-0.4, -0.2) is 83.8 Å². The van der Waals surface area contributed by atoms with Gasteiger partial charge in [0.25, 0.3) is 5.91 Å². The molecule has 6 amide bonds. The van der Waals surface area contributed by atoms with Crippen LogP contribution >= 0.6 is 11.6 Å². The molecule has 0 aromatic heterocycles. The number of para-hydroxylation sites is 1. The highest BCUT2D eigenvalue weighted by molar-refractivity contribution is 6.30. The highest BCUT2D eigenvalue weighted by atomic mass is 35.5. The van der Waals surface area contributed by atoms with Gasteiger partial charge in [-0.3, -0.25) is 29.0 Å². The lowest BCUT2D eigenvalue weighted by Gasteiger charge is -2.43. The van der Waals surface area contributed by atoms with Gasteiger partial charge in [-0.25, -0.2) is 4.79 Å². The smallest absolute Gasteiger partial charge is 0.332 e. The zero-order valence-corrected chi connectivity index (χ0v) is 31.3. The van der Waals surface area contributed by atoms with E-state index in [0.29, 0.717) is 29.4 Å². The van der Waals surface area contributed by atoms with E-state index in [4.69, 9.17) is 16.3 Å². The Morgan fingerprint density at radius 3 is 2.33 bits per heavy atom. The number of amides is 6. The molecule has 0 radical (unpaired) electrons. The summed E-state index contributed by atoms with van der Waals surface area (Å²) < 4.78 is 5.27. The number of urea groups is 1. The lowest BCUT2D eigenvalue weighted by atomic mass is 9.85. The number of likely N-dealkylation sites (tertiary alicyclic amines) is 1. The second-order valence-corrected chi connectivity index (χ2v) is 14.6. The number of piperidine rings is 1. The normalized spacial score (nSPS) is 18.1. The predicted molar refractivity (Wildman–Crippen MR) is 207 cm³/mol. The van der Waals surface area contributed by atoms with Gasteiger partial charge in [-0.2, -0.15) is 0 Å². The molecule has 12 nitrogen and oxygen atoms in total. The molecule has 4 aromatic carbocycles. The van der Waals surface area contributed by atoms with Gasteiger partial charge in [0.2, 0.25) is 17.7 Å². The number of fused-ring (bicyclic) bond motifs is 1. The average molecular weight is 763 g/mol. The van der Waals surface area contributed by atoms with Crippen LogP contribution in [0.3, 0.4) is 0 Å². The van der Waals surface area contributed by atoms with Crippen molar-refractivity contribution in [3.05, 3.63) is 130 Å².